The fraction of sp³-hybridized carbons (Fsp3) is 0.714. The summed E-state index contributed by atoms with van der Waals surface area (Å²) in [6, 6.07) is 0. The monoisotopic (exact) mass is 314 g/mol. The van der Waals surface area contributed by atoms with Crippen molar-refractivity contribution in [3.8, 4) is 0 Å². The van der Waals surface area contributed by atoms with Gasteiger partial charge in [0, 0.05) is 15.2 Å². The van der Waals surface area contributed by atoms with Crippen molar-refractivity contribution in [2.24, 2.45) is 0 Å². The Hall–Kier alpha value is 0.348. The van der Waals surface area contributed by atoms with E-state index in [1.165, 1.54) is 0 Å². The van der Waals surface area contributed by atoms with Gasteiger partial charge in [-0.1, -0.05) is 89.0 Å². The van der Waals surface area contributed by atoms with E-state index >= 15 is 0 Å². The highest BCUT2D eigenvalue weighted by Crippen LogP contribution is 2.21. The molecule has 0 fully saturated rings. The molecule has 0 heterocycles. The Morgan fingerprint density at radius 3 is 0.833 bits per heavy atom. The van der Waals surface area contributed by atoms with Crippen LogP contribution in [0.5, 0.6) is 0 Å². The van der Waals surface area contributed by atoms with Crippen molar-refractivity contribution in [1.82, 2.24) is 0 Å². The summed E-state index contributed by atoms with van der Waals surface area (Å²) in [6.07, 6.45) is 4.72. The molecule has 0 aliphatic carbocycles. The molecule has 0 radical (unpaired) electrons. The molecule has 0 aromatic rings. The zero-order chi connectivity index (χ0) is 14.8. The van der Waals surface area contributed by atoms with Crippen LogP contribution in [0.15, 0.2) is 23.6 Å². The van der Waals surface area contributed by atoms with Crippen LogP contribution in [-0.4, -0.2) is 30.4 Å². The van der Waals surface area contributed by atoms with E-state index in [9.17, 15) is 0 Å². The van der Waals surface area contributed by atoms with Crippen LogP contribution in [0.25, 0.3) is 0 Å². The van der Waals surface area contributed by atoms with Gasteiger partial charge in [-0.25, -0.2) is 0 Å². The van der Waals surface area contributed by atoms with E-state index in [0.29, 0.717) is 0 Å². The van der Waals surface area contributed by atoms with Crippen molar-refractivity contribution < 1.29 is 0 Å². The molecule has 106 valence electrons. The topological polar surface area (TPSA) is 0 Å². The summed E-state index contributed by atoms with van der Waals surface area (Å²) in [5.41, 5.74) is 5.12. The molecule has 0 aromatic carbocycles. The molecule has 0 N–H and O–H groups in total. The van der Waals surface area contributed by atoms with Gasteiger partial charge in [0.25, 0.3) is 0 Å². The first kappa shape index (κ1) is 18.3. The van der Waals surface area contributed by atoms with Crippen molar-refractivity contribution in [2.75, 3.05) is 0 Å². The summed E-state index contributed by atoms with van der Waals surface area (Å²) in [5.74, 6) is 0. The van der Waals surface area contributed by atoms with Crippen LogP contribution in [0.4, 0.5) is 0 Å². The van der Waals surface area contributed by atoms with Crippen molar-refractivity contribution >= 4 is 30.4 Å². The van der Waals surface area contributed by atoms with Crippen LogP contribution in [0, 0.1) is 0 Å². The minimum atomic E-state index is -1.11. The van der Waals surface area contributed by atoms with E-state index in [0.717, 1.165) is 0 Å². The van der Waals surface area contributed by atoms with Crippen LogP contribution in [0.3, 0.4) is 0 Å². The minimum Gasteiger partial charge on any atom is -0.0971 e. The highest BCUT2D eigenvalue weighted by molar-refractivity contribution is 7.42. The van der Waals surface area contributed by atoms with Gasteiger partial charge in [0.15, 0.2) is 0 Å². The summed E-state index contributed by atoms with van der Waals surface area (Å²) in [7, 11) is -4.18. The minimum absolute atomic E-state index is 0.979. The molecular formula is C14H34Si4. The Kier molecular flexibility index (Phi) is 5.88. The zero-order valence-electron chi connectivity index (χ0n) is 14.3. The van der Waals surface area contributed by atoms with Gasteiger partial charge in [0.2, 0.25) is 0 Å². The third-order valence-electron chi connectivity index (χ3n) is 5.00. The lowest BCUT2D eigenvalue weighted by Crippen LogP contribution is -2.51. The number of hydrogen-bond donors (Lipinski definition) is 0. The normalized spacial score (nSPS) is 15.9. The second kappa shape index (κ2) is 5.77. The van der Waals surface area contributed by atoms with Gasteiger partial charge in [0.05, 0.1) is 15.2 Å². The molecular weight excluding hydrogens is 280 g/mol. The maximum atomic E-state index is 2.56. The standard InChI is InChI=1S/C14H34Si4/c1-15(2,3)17(7,8)13-11-12-14-18(9,10)16(4,5)6/h11-14H,1-10H3. The molecule has 0 aliphatic heterocycles. The molecule has 0 saturated carbocycles. The average Bonchev–Trinajstić information content (AvgIpc) is 2.08. The Bertz CT molecular complexity index is 291. The van der Waals surface area contributed by atoms with Gasteiger partial charge in [-0.3, -0.25) is 0 Å². The molecule has 0 atom stereocenters. The smallest absolute Gasteiger partial charge is 0.0645 e. The maximum Gasteiger partial charge on any atom is 0.0645 e. The third kappa shape index (κ3) is 5.15. The molecule has 0 rings (SSSR count). The SMILES string of the molecule is C[Si](C)(C)[Si](C)(C)C=CC=C[Si](C)(C)[Si](C)(C)C. The predicted molar refractivity (Wildman–Crippen MR) is 99.9 cm³/mol. The van der Waals surface area contributed by atoms with E-state index < -0.39 is 30.4 Å². The van der Waals surface area contributed by atoms with Gasteiger partial charge >= 0.3 is 0 Å². The Morgan fingerprint density at radius 2 is 0.667 bits per heavy atom. The summed E-state index contributed by atoms with van der Waals surface area (Å²) < 4.78 is 0. The second-order valence-corrected chi connectivity index (χ2v) is 41.9. The van der Waals surface area contributed by atoms with E-state index in [1.807, 2.05) is 0 Å². The summed E-state index contributed by atoms with van der Waals surface area (Å²) in [4.78, 5) is 0. The zero-order valence-corrected chi connectivity index (χ0v) is 18.3. The molecule has 18 heavy (non-hydrogen) atoms. The highest BCUT2D eigenvalue weighted by atomic mass is 29.3. The fourth-order valence-corrected chi connectivity index (χ4v) is 6.85. The van der Waals surface area contributed by atoms with E-state index in [-0.39, 0.29) is 0 Å². The van der Waals surface area contributed by atoms with Crippen LogP contribution in [0.1, 0.15) is 0 Å². The van der Waals surface area contributed by atoms with Crippen molar-refractivity contribution in [2.45, 2.75) is 65.5 Å². The molecule has 0 nitrogen and oxygen atoms in total. The van der Waals surface area contributed by atoms with Gasteiger partial charge in [-0.15, -0.1) is 0 Å². The first-order valence-electron chi connectivity index (χ1n) is 7.08. The van der Waals surface area contributed by atoms with Gasteiger partial charge < -0.3 is 0 Å². The van der Waals surface area contributed by atoms with Gasteiger partial charge in [-0.05, 0) is 0 Å². The first-order valence-corrected chi connectivity index (χ1v) is 22.2. The molecule has 0 spiro atoms. The Labute approximate surface area is 119 Å². The maximum absolute atomic E-state index is 2.56. The lowest BCUT2D eigenvalue weighted by Gasteiger charge is -2.33. The average molecular weight is 315 g/mol. The molecule has 0 saturated heterocycles. The van der Waals surface area contributed by atoms with Crippen molar-refractivity contribution in [1.29, 1.82) is 0 Å². The lowest BCUT2D eigenvalue weighted by molar-refractivity contribution is 1.73. The molecule has 0 amide bonds. The van der Waals surface area contributed by atoms with Gasteiger partial charge in [-0.2, -0.15) is 0 Å². The Morgan fingerprint density at radius 1 is 0.444 bits per heavy atom. The predicted octanol–water partition coefficient (Wildman–Crippen LogP) is 5.43. The van der Waals surface area contributed by atoms with Gasteiger partial charge in [0.1, 0.15) is 0 Å². The third-order valence-corrected chi connectivity index (χ3v) is 39.0. The number of hydrogen-bond acceptors (Lipinski definition) is 0. The van der Waals surface area contributed by atoms with E-state index in [4.69, 9.17) is 0 Å². The molecule has 0 aromatic heterocycles. The molecule has 0 bridgehead atoms. The molecule has 4 heteroatoms. The van der Waals surface area contributed by atoms with Crippen LogP contribution < -0.4 is 0 Å². The quantitative estimate of drug-likeness (QED) is 0.469. The van der Waals surface area contributed by atoms with E-state index in [1.54, 1.807) is 0 Å². The van der Waals surface area contributed by atoms with Crippen molar-refractivity contribution in [3.63, 3.8) is 0 Å². The van der Waals surface area contributed by atoms with Crippen LogP contribution in [-0.2, 0) is 0 Å². The molecule has 0 aliphatic rings. The highest BCUT2D eigenvalue weighted by Gasteiger charge is 2.35. The number of rotatable bonds is 5. The number of allylic oxidation sites excluding steroid dienone is 2. The molecule has 0 unspecified atom stereocenters. The van der Waals surface area contributed by atoms with Crippen LogP contribution >= 0.6 is 0 Å². The summed E-state index contributed by atoms with van der Waals surface area (Å²) >= 11 is 0. The summed E-state index contributed by atoms with van der Waals surface area (Å²) in [6.45, 7) is 25.1. The lowest BCUT2D eigenvalue weighted by atomic mass is 10.6. The van der Waals surface area contributed by atoms with E-state index in [2.05, 4.69) is 89.0 Å². The summed E-state index contributed by atoms with van der Waals surface area (Å²) in [5, 5.41) is 0. The second-order valence-electron chi connectivity index (χ2n) is 8.66. The van der Waals surface area contributed by atoms with Crippen LogP contribution in [0.2, 0.25) is 65.5 Å². The fourth-order valence-electron chi connectivity index (χ4n) is 1.09. The largest absolute Gasteiger partial charge is 0.0971 e. The Balaban J connectivity index is 4.80. The van der Waals surface area contributed by atoms with Crippen molar-refractivity contribution in [3.05, 3.63) is 23.6 Å². The first-order chi connectivity index (χ1) is 7.71.